The van der Waals surface area contributed by atoms with Crippen LogP contribution < -0.4 is 4.90 Å². The van der Waals surface area contributed by atoms with Gasteiger partial charge in [0.15, 0.2) is 0 Å². The molecule has 2 fully saturated rings. The van der Waals surface area contributed by atoms with E-state index in [4.69, 9.17) is 4.74 Å². The van der Waals surface area contributed by atoms with Gasteiger partial charge in [0.05, 0.1) is 31.0 Å². The third-order valence-electron chi connectivity index (χ3n) is 6.33. The van der Waals surface area contributed by atoms with Gasteiger partial charge in [-0.15, -0.1) is 0 Å². The van der Waals surface area contributed by atoms with Crippen molar-refractivity contribution in [3.05, 3.63) is 65.2 Å². The maximum absolute atomic E-state index is 13.4. The lowest BCUT2D eigenvalue weighted by atomic mass is 10.1. The number of carbonyl (C=O) groups is 3. The zero-order valence-electron chi connectivity index (χ0n) is 17.3. The van der Waals surface area contributed by atoms with E-state index in [-0.39, 0.29) is 17.7 Å². The summed E-state index contributed by atoms with van der Waals surface area (Å²) in [5, 5.41) is 0. The number of ether oxygens (including phenoxy) is 1. The molecule has 7 nitrogen and oxygen atoms in total. The summed E-state index contributed by atoms with van der Waals surface area (Å²) in [5.41, 5.74) is 2.77. The molecule has 3 heterocycles. The molecule has 3 aliphatic heterocycles. The van der Waals surface area contributed by atoms with Crippen molar-refractivity contribution < 1.29 is 19.1 Å². The molecule has 0 N–H and O–H groups in total. The number of hydrogen-bond acceptors (Lipinski definition) is 4. The van der Waals surface area contributed by atoms with E-state index in [1.165, 1.54) is 0 Å². The first kappa shape index (κ1) is 19.8. The second kappa shape index (κ2) is 8.15. The molecule has 5 rings (SSSR count). The molecule has 160 valence electrons. The lowest BCUT2D eigenvalue weighted by Crippen LogP contribution is -2.44. The van der Waals surface area contributed by atoms with E-state index in [9.17, 15) is 14.4 Å². The van der Waals surface area contributed by atoms with Crippen LogP contribution in [0.2, 0.25) is 0 Å². The van der Waals surface area contributed by atoms with Gasteiger partial charge >= 0.3 is 0 Å². The van der Waals surface area contributed by atoms with E-state index in [2.05, 4.69) is 0 Å². The first-order valence-electron chi connectivity index (χ1n) is 10.8. The summed E-state index contributed by atoms with van der Waals surface area (Å²) in [6.07, 6.45) is 1.54. The predicted octanol–water partition coefficient (Wildman–Crippen LogP) is 2.31. The van der Waals surface area contributed by atoms with Crippen molar-refractivity contribution in [3.8, 4) is 0 Å². The molecular formula is C24H25N3O4. The molecule has 7 heteroatoms. The fraction of sp³-hybridized carbons (Fsp3) is 0.375. The third-order valence-corrected chi connectivity index (χ3v) is 6.33. The molecular weight excluding hydrogens is 394 g/mol. The molecule has 3 amide bonds. The third kappa shape index (κ3) is 3.59. The Bertz CT molecular complexity index is 1010. The first-order chi connectivity index (χ1) is 15.1. The number of fused-ring (bicyclic) bond motifs is 2. The molecule has 3 aliphatic rings. The normalized spacial score (nSPS) is 21.0. The van der Waals surface area contributed by atoms with Crippen LogP contribution in [-0.2, 0) is 16.1 Å². The van der Waals surface area contributed by atoms with Gasteiger partial charge in [-0.25, -0.2) is 0 Å². The molecule has 1 atom stereocenters. The average molecular weight is 419 g/mol. The molecule has 0 spiro atoms. The Kier molecular flexibility index (Phi) is 5.19. The molecule has 31 heavy (non-hydrogen) atoms. The van der Waals surface area contributed by atoms with Gasteiger partial charge in [-0.05, 0) is 42.7 Å². The lowest BCUT2D eigenvalue weighted by molar-refractivity contribution is -0.122. The summed E-state index contributed by atoms with van der Waals surface area (Å²) in [6.45, 7) is 3.32. The Labute approximate surface area is 181 Å². The van der Waals surface area contributed by atoms with Crippen LogP contribution in [0.3, 0.4) is 0 Å². The average Bonchev–Trinajstić information content (AvgIpc) is 3.30. The summed E-state index contributed by atoms with van der Waals surface area (Å²) in [4.78, 5) is 44.3. The van der Waals surface area contributed by atoms with E-state index >= 15 is 0 Å². The van der Waals surface area contributed by atoms with Gasteiger partial charge < -0.3 is 19.4 Å². The molecule has 0 aromatic heterocycles. The summed E-state index contributed by atoms with van der Waals surface area (Å²) in [5.74, 6) is -0.108. The van der Waals surface area contributed by atoms with Gasteiger partial charge in [-0.2, -0.15) is 0 Å². The Morgan fingerprint density at radius 2 is 1.71 bits per heavy atom. The highest BCUT2D eigenvalue weighted by Crippen LogP contribution is 2.33. The molecule has 0 radical (unpaired) electrons. The minimum absolute atomic E-state index is 0.00163. The molecule has 1 unspecified atom stereocenters. The SMILES string of the molecule is O=C(c1ccc(CN2C(=O)C3CCCN3C(=O)c3ccccc32)cc1)N1CCOCC1. The summed E-state index contributed by atoms with van der Waals surface area (Å²) in [6, 6.07) is 14.3. The van der Waals surface area contributed by atoms with Gasteiger partial charge in [0, 0.05) is 25.2 Å². The number of nitrogens with zero attached hydrogens (tertiary/aromatic N) is 3. The number of carbonyl (C=O) groups excluding carboxylic acids is 3. The Morgan fingerprint density at radius 1 is 0.968 bits per heavy atom. The van der Waals surface area contributed by atoms with Crippen LogP contribution in [-0.4, -0.2) is 66.4 Å². The van der Waals surface area contributed by atoms with E-state index < -0.39 is 6.04 Å². The van der Waals surface area contributed by atoms with Crippen molar-refractivity contribution in [1.82, 2.24) is 9.80 Å². The highest BCUT2D eigenvalue weighted by atomic mass is 16.5. The van der Waals surface area contributed by atoms with Gasteiger partial charge in [0.25, 0.3) is 11.8 Å². The van der Waals surface area contributed by atoms with Gasteiger partial charge in [-0.1, -0.05) is 24.3 Å². The second-order valence-corrected chi connectivity index (χ2v) is 8.20. The molecule has 0 saturated carbocycles. The number of morpholine rings is 1. The topological polar surface area (TPSA) is 70.2 Å². The highest BCUT2D eigenvalue weighted by Gasteiger charge is 2.41. The van der Waals surface area contributed by atoms with Crippen molar-refractivity contribution in [2.45, 2.75) is 25.4 Å². The molecule has 2 saturated heterocycles. The largest absolute Gasteiger partial charge is 0.378 e. The van der Waals surface area contributed by atoms with Crippen LogP contribution in [0.1, 0.15) is 39.1 Å². The lowest BCUT2D eigenvalue weighted by Gasteiger charge is -2.27. The Morgan fingerprint density at radius 3 is 2.48 bits per heavy atom. The van der Waals surface area contributed by atoms with E-state index in [0.29, 0.717) is 62.6 Å². The summed E-state index contributed by atoms with van der Waals surface area (Å²) < 4.78 is 5.32. The van der Waals surface area contributed by atoms with Crippen LogP contribution in [0.5, 0.6) is 0 Å². The van der Waals surface area contributed by atoms with E-state index in [0.717, 1.165) is 12.0 Å². The number of hydrogen-bond donors (Lipinski definition) is 0. The van der Waals surface area contributed by atoms with Gasteiger partial charge in [0.2, 0.25) is 5.91 Å². The van der Waals surface area contributed by atoms with Crippen LogP contribution >= 0.6 is 0 Å². The zero-order chi connectivity index (χ0) is 21.4. The number of rotatable bonds is 3. The second-order valence-electron chi connectivity index (χ2n) is 8.20. The maximum atomic E-state index is 13.4. The number of benzene rings is 2. The van der Waals surface area contributed by atoms with Crippen LogP contribution in [0, 0.1) is 0 Å². The van der Waals surface area contributed by atoms with Crippen molar-refractivity contribution in [2.75, 3.05) is 37.7 Å². The van der Waals surface area contributed by atoms with E-state index in [1.54, 1.807) is 20.8 Å². The summed E-state index contributed by atoms with van der Waals surface area (Å²) >= 11 is 0. The first-order valence-corrected chi connectivity index (χ1v) is 10.8. The monoisotopic (exact) mass is 419 g/mol. The quantitative estimate of drug-likeness (QED) is 0.766. The molecule has 2 aromatic carbocycles. The maximum Gasteiger partial charge on any atom is 0.256 e. The Hall–Kier alpha value is -3.19. The molecule has 2 aromatic rings. The van der Waals surface area contributed by atoms with Crippen molar-refractivity contribution in [1.29, 1.82) is 0 Å². The van der Waals surface area contributed by atoms with Crippen LogP contribution in [0.25, 0.3) is 0 Å². The predicted molar refractivity (Wildman–Crippen MR) is 115 cm³/mol. The number of anilines is 1. The smallest absolute Gasteiger partial charge is 0.256 e. The fourth-order valence-electron chi connectivity index (χ4n) is 4.66. The zero-order valence-corrected chi connectivity index (χ0v) is 17.3. The number of para-hydroxylation sites is 1. The number of amides is 3. The van der Waals surface area contributed by atoms with Crippen molar-refractivity contribution >= 4 is 23.4 Å². The molecule has 0 aliphatic carbocycles. The van der Waals surface area contributed by atoms with Crippen molar-refractivity contribution in [3.63, 3.8) is 0 Å². The molecule has 0 bridgehead atoms. The van der Waals surface area contributed by atoms with Gasteiger partial charge in [0.1, 0.15) is 6.04 Å². The van der Waals surface area contributed by atoms with Gasteiger partial charge in [-0.3, -0.25) is 14.4 Å². The minimum atomic E-state index is -0.401. The Balaban J connectivity index is 1.40. The minimum Gasteiger partial charge on any atom is -0.378 e. The fourth-order valence-corrected chi connectivity index (χ4v) is 4.66. The summed E-state index contributed by atoms with van der Waals surface area (Å²) in [7, 11) is 0. The van der Waals surface area contributed by atoms with Crippen LogP contribution in [0.15, 0.2) is 48.5 Å². The highest BCUT2D eigenvalue weighted by molar-refractivity contribution is 6.11. The van der Waals surface area contributed by atoms with Crippen molar-refractivity contribution in [2.24, 2.45) is 0 Å². The van der Waals surface area contributed by atoms with Crippen LogP contribution in [0.4, 0.5) is 5.69 Å². The standard InChI is InChI=1S/C24H25N3O4/c28-22(25-12-14-31-15-13-25)18-9-7-17(8-10-18)16-27-20-5-2-1-4-19(20)23(29)26-11-3-6-21(26)24(27)30/h1-2,4-5,7-10,21H,3,6,11-16H2. The van der Waals surface area contributed by atoms with E-state index in [1.807, 2.05) is 42.5 Å².